The number of carbonyl (C=O) groups excluding carboxylic acids is 1. The quantitative estimate of drug-likeness (QED) is 0.694. The maximum absolute atomic E-state index is 12.5. The van der Waals surface area contributed by atoms with Gasteiger partial charge in [0, 0.05) is 5.41 Å². The first kappa shape index (κ1) is 16.8. The lowest BCUT2D eigenvalue weighted by Gasteiger charge is -2.34. The van der Waals surface area contributed by atoms with Crippen LogP contribution in [0.5, 0.6) is 0 Å². The molecule has 0 N–H and O–H groups in total. The molecule has 1 aliphatic carbocycles. The van der Waals surface area contributed by atoms with E-state index < -0.39 is 0 Å². The van der Waals surface area contributed by atoms with Crippen LogP contribution in [0.3, 0.4) is 0 Å². The second-order valence-electron chi connectivity index (χ2n) is 7.03. The van der Waals surface area contributed by atoms with Crippen molar-refractivity contribution in [3.8, 4) is 0 Å². The van der Waals surface area contributed by atoms with E-state index in [1.807, 2.05) is 37.3 Å². The average Bonchev–Trinajstić information content (AvgIpc) is 2.99. The van der Waals surface area contributed by atoms with Gasteiger partial charge in [0.05, 0.1) is 5.56 Å². The second kappa shape index (κ2) is 7.21. The molecule has 0 amide bonds. The molecule has 24 heavy (non-hydrogen) atoms. The molecule has 2 aromatic rings. The maximum atomic E-state index is 12.5. The Labute approximate surface area is 144 Å². The number of hydrogen-bond donors (Lipinski definition) is 0. The molecule has 0 aromatic heterocycles. The van der Waals surface area contributed by atoms with Gasteiger partial charge in [-0.25, -0.2) is 4.79 Å². The van der Waals surface area contributed by atoms with Crippen LogP contribution in [0.2, 0.25) is 0 Å². The van der Waals surface area contributed by atoms with Crippen molar-refractivity contribution < 1.29 is 9.53 Å². The van der Waals surface area contributed by atoms with Crippen LogP contribution in [-0.4, -0.2) is 12.1 Å². The summed E-state index contributed by atoms with van der Waals surface area (Å²) < 4.78 is 5.98. The molecule has 2 unspecified atom stereocenters. The van der Waals surface area contributed by atoms with Crippen molar-refractivity contribution in [3.63, 3.8) is 0 Å². The van der Waals surface area contributed by atoms with E-state index in [9.17, 15) is 4.79 Å². The molecule has 2 nitrogen and oxygen atoms in total. The third-order valence-electron chi connectivity index (χ3n) is 5.46. The zero-order chi connectivity index (χ0) is 17.0. The predicted octanol–water partition coefficient (Wildman–Crippen LogP) is 5.34. The SMILES string of the molecule is CCC1(Cc2ccccc2)CCCC1OC(=O)c1ccc(C)cc1. The molecule has 0 heterocycles. The Morgan fingerprint density at radius 1 is 1.12 bits per heavy atom. The van der Waals surface area contributed by atoms with Crippen molar-refractivity contribution in [2.24, 2.45) is 5.41 Å². The molecule has 126 valence electrons. The van der Waals surface area contributed by atoms with Crippen molar-refractivity contribution >= 4 is 5.97 Å². The highest BCUT2D eigenvalue weighted by Crippen LogP contribution is 2.45. The zero-order valence-electron chi connectivity index (χ0n) is 14.6. The van der Waals surface area contributed by atoms with Gasteiger partial charge in [-0.2, -0.15) is 0 Å². The molecular formula is C22H26O2. The van der Waals surface area contributed by atoms with E-state index in [0.29, 0.717) is 5.56 Å². The Kier molecular flexibility index (Phi) is 5.03. The van der Waals surface area contributed by atoms with Crippen LogP contribution in [0.15, 0.2) is 54.6 Å². The molecule has 2 aromatic carbocycles. The molecular weight excluding hydrogens is 296 g/mol. The number of carbonyl (C=O) groups is 1. The van der Waals surface area contributed by atoms with Gasteiger partial charge in [-0.3, -0.25) is 0 Å². The van der Waals surface area contributed by atoms with Crippen molar-refractivity contribution in [1.82, 2.24) is 0 Å². The largest absolute Gasteiger partial charge is 0.458 e. The Morgan fingerprint density at radius 3 is 2.50 bits per heavy atom. The summed E-state index contributed by atoms with van der Waals surface area (Å²) >= 11 is 0. The fourth-order valence-corrected chi connectivity index (χ4v) is 3.91. The van der Waals surface area contributed by atoms with E-state index in [4.69, 9.17) is 4.74 Å². The van der Waals surface area contributed by atoms with E-state index in [2.05, 4.69) is 31.2 Å². The van der Waals surface area contributed by atoms with Gasteiger partial charge in [-0.05, 0) is 56.7 Å². The van der Waals surface area contributed by atoms with E-state index in [0.717, 1.165) is 37.7 Å². The molecule has 0 bridgehead atoms. The minimum absolute atomic E-state index is 0.0107. The number of hydrogen-bond acceptors (Lipinski definition) is 2. The van der Waals surface area contributed by atoms with E-state index in [1.54, 1.807) is 0 Å². The molecule has 1 fully saturated rings. The van der Waals surface area contributed by atoms with E-state index >= 15 is 0 Å². The normalized spacial score (nSPS) is 23.2. The summed E-state index contributed by atoms with van der Waals surface area (Å²) in [6.07, 6.45) is 5.26. The van der Waals surface area contributed by atoms with Gasteiger partial charge >= 0.3 is 5.97 Å². The summed E-state index contributed by atoms with van der Waals surface area (Å²) in [5, 5.41) is 0. The Morgan fingerprint density at radius 2 is 1.83 bits per heavy atom. The lowest BCUT2D eigenvalue weighted by Crippen LogP contribution is -2.35. The van der Waals surface area contributed by atoms with Crippen LogP contribution in [0.1, 0.15) is 54.1 Å². The topological polar surface area (TPSA) is 26.3 Å². The summed E-state index contributed by atoms with van der Waals surface area (Å²) in [4.78, 5) is 12.5. The molecule has 0 spiro atoms. The van der Waals surface area contributed by atoms with Gasteiger partial charge in [0.1, 0.15) is 6.10 Å². The zero-order valence-corrected chi connectivity index (χ0v) is 14.6. The van der Waals surface area contributed by atoms with Gasteiger partial charge < -0.3 is 4.74 Å². The Balaban J connectivity index is 1.75. The average molecular weight is 322 g/mol. The highest BCUT2D eigenvalue weighted by atomic mass is 16.5. The smallest absolute Gasteiger partial charge is 0.338 e. The molecule has 1 aliphatic rings. The Bertz CT molecular complexity index is 675. The number of ether oxygens (including phenoxy) is 1. The minimum atomic E-state index is -0.187. The summed E-state index contributed by atoms with van der Waals surface area (Å²) in [5.74, 6) is -0.187. The van der Waals surface area contributed by atoms with Crippen molar-refractivity contribution in [2.45, 2.75) is 52.1 Å². The fourth-order valence-electron chi connectivity index (χ4n) is 3.91. The van der Waals surface area contributed by atoms with Crippen LogP contribution in [0, 0.1) is 12.3 Å². The third kappa shape index (κ3) is 3.53. The van der Waals surface area contributed by atoms with Crippen molar-refractivity contribution in [2.75, 3.05) is 0 Å². The third-order valence-corrected chi connectivity index (χ3v) is 5.46. The Hall–Kier alpha value is -2.09. The van der Waals surface area contributed by atoms with E-state index in [1.165, 1.54) is 5.56 Å². The highest BCUT2D eigenvalue weighted by molar-refractivity contribution is 5.89. The van der Waals surface area contributed by atoms with Crippen LogP contribution in [-0.2, 0) is 11.2 Å². The first-order valence-corrected chi connectivity index (χ1v) is 8.94. The number of aryl methyl sites for hydroxylation is 1. The van der Waals surface area contributed by atoms with E-state index in [-0.39, 0.29) is 17.5 Å². The number of rotatable bonds is 5. The first-order valence-electron chi connectivity index (χ1n) is 8.94. The number of benzene rings is 2. The molecule has 0 aliphatic heterocycles. The molecule has 1 saturated carbocycles. The first-order chi connectivity index (χ1) is 11.6. The molecule has 3 rings (SSSR count). The minimum Gasteiger partial charge on any atom is -0.458 e. The van der Waals surface area contributed by atoms with Crippen LogP contribution >= 0.6 is 0 Å². The van der Waals surface area contributed by atoms with Crippen LogP contribution < -0.4 is 0 Å². The monoisotopic (exact) mass is 322 g/mol. The van der Waals surface area contributed by atoms with Crippen LogP contribution in [0.4, 0.5) is 0 Å². The molecule has 2 heteroatoms. The predicted molar refractivity (Wildman–Crippen MR) is 97.1 cm³/mol. The van der Waals surface area contributed by atoms with Gasteiger partial charge in [-0.1, -0.05) is 55.0 Å². The van der Waals surface area contributed by atoms with Gasteiger partial charge in [0.25, 0.3) is 0 Å². The second-order valence-corrected chi connectivity index (χ2v) is 7.03. The lowest BCUT2D eigenvalue weighted by molar-refractivity contribution is -0.00707. The lowest BCUT2D eigenvalue weighted by atomic mass is 9.76. The molecule has 2 atom stereocenters. The van der Waals surface area contributed by atoms with Crippen molar-refractivity contribution in [1.29, 1.82) is 0 Å². The van der Waals surface area contributed by atoms with Crippen LogP contribution in [0.25, 0.3) is 0 Å². The van der Waals surface area contributed by atoms with Crippen molar-refractivity contribution in [3.05, 3.63) is 71.3 Å². The highest BCUT2D eigenvalue weighted by Gasteiger charge is 2.43. The van der Waals surface area contributed by atoms with Gasteiger partial charge in [0.15, 0.2) is 0 Å². The number of esters is 1. The van der Waals surface area contributed by atoms with Gasteiger partial charge in [-0.15, -0.1) is 0 Å². The summed E-state index contributed by atoms with van der Waals surface area (Å²) in [7, 11) is 0. The summed E-state index contributed by atoms with van der Waals surface area (Å²) in [5.41, 5.74) is 3.20. The van der Waals surface area contributed by atoms with Gasteiger partial charge in [0.2, 0.25) is 0 Å². The summed E-state index contributed by atoms with van der Waals surface area (Å²) in [6, 6.07) is 18.2. The molecule has 0 saturated heterocycles. The standard InChI is InChI=1S/C22H26O2/c1-3-22(16-18-8-5-4-6-9-18)15-7-10-20(22)24-21(23)19-13-11-17(2)12-14-19/h4-6,8-9,11-14,20H,3,7,10,15-16H2,1-2H3. The molecule has 0 radical (unpaired) electrons. The fraction of sp³-hybridized carbons (Fsp3) is 0.409. The maximum Gasteiger partial charge on any atom is 0.338 e. The summed E-state index contributed by atoms with van der Waals surface area (Å²) in [6.45, 7) is 4.25.